The monoisotopic (exact) mass is 509 g/mol. The summed E-state index contributed by atoms with van der Waals surface area (Å²) in [4.78, 5) is 30.1. The van der Waals surface area contributed by atoms with Gasteiger partial charge in [0.25, 0.3) is 5.91 Å². The molecule has 8 nitrogen and oxygen atoms in total. The predicted molar refractivity (Wildman–Crippen MR) is 136 cm³/mol. The number of halogens is 2. The van der Waals surface area contributed by atoms with E-state index in [4.69, 9.17) is 34.0 Å². The number of hydrogen-bond acceptors (Lipinski definition) is 6. The van der Waals surface area contributed by atoms with Gasteiger partial charge in [-0.1, -0.05) is 47.5 Å². The van der Waals surface area contributed by atoms with Crippen LogP contribution in [-0.2, 0) is 0 Å². The number of hydrogen-bond donors (Lipinski definition) is 3. The molecule has 0 aliphatic rings. The standard InChI is InChI=1S/C25H21Cl2N5O3/c26-18-13-19(27)17(12-16(18)20-8-4-10-23(28)29-20)25(35)30-24-14-21(22(34)9-5-11-33)31-32(24)15-6-2-1-3-7-15/h1-4,6-8,10,12-14,33H,5,9,11H2,(H2,28,29)(H,30,35). The Bertz CT molecular complexity index is 1390. The van der Waals surface area contributed by atoms with Crippen molar-refractivity contribution in [2.24, 2.45) is 0 Å². The van der Waals surface area contributed by atoms with Crippen molar-refractivity contribution in [2.75, 3.05) is 17.7 Å². The summed E-state index contributed by atoms with van der Waals surface area (Å²) in [5.41, 5.74) is 7.75. The number of benzene rings is 2. The molecule has 0 unspecified atom stereocenters. The van der Waals surface area contributed by atoms with Crippen LogP contribution in [0.25, 0.3) is 16.9 Å². The third-order valence-electron chi connectivity index (χ3n) is 5.15. The maximum absolute atomic E-state index is 13.3. The Labute approximate surface area is 211 Å². The van der Waals surface area contributed by atoms with Crippen molar-refractivity contribution in [2.45, 2.75) is 12.8 Å². The molecule has 0 saturated heterocycles. The third-order valence-corrected chi connectivity index (χ3v) is 5.77. The minimum Gasteiger partial charge on any atom is -0.396 e. The summed E-state index contributed by atoms with van der Waals surface area (Å²) in [7, 11) is 0. The van der Waals surface area contributed by atoms with Gasteiger partial charge >= 0.3 is 0 Å². The molecule has 2 aromatic heterocycles. The Morgan fingerprint density at radius 3 is 2.49 bits per heavy atom. The van der Waals surface area contributed by atoms with Crippen molar-refractivity contribution in [1.29, 1.82) is 0 Å². The van der Waals surface area contributed by atoms with Crippen molar-refractivity contribution >= 4 is 46.5 Å². The first-order valence-electron chi connectivity index (χ1n) is 10.7. The lowest BCUT2D eigenvalue weighted by Crippen LogP contribution is -2.16. The highest BCUT2D eigenvalue weighted by molar-refractivity contribution is 6.38. The van der Waals surface area contributed by atoms with Crippen LogP contribution in [0.4, 0.5) is 11.6 Å². The number of aliphatic hydroxyl groups excluding tert-OH is 1. The van der Waals surface area contributed by atoms with Gasteiger partial charge in [0.2, 0.25) is 0 Å². The summed E-state index contributed by atoms with van der Waals surface area (Å²) >= 11 is 12.7. The number of nitrogen functional groups attached to an aromatic ring is 1. The van der Waals surface area contributed by atoms with Gasteiger partial charge in [-0.3, -0.25) is 9.59 Å². The molecule has 10 heteroatoms. The Morgan fingerprint density at radius 2 is 1.77 bits per heavy atom. The second kappa shape index (κ2) is 10.7. The van der Waals surface area contributed by atoms with Gasteiger partial charge in [0, 0.05) is 24.7 Å². The molecular formula is C25H21Cl2N5O3. The lowest BCUT2D eigenvalue weighted by molar-refractivity contribution is 0.0965. The Kier molecular flexibility index (Phi) is 7.45. The minimum absolute atomic E-state index is 0.103. The van der Waals surface area contributed by atoms with E-state index in [1.54, 1.807) is 30.3 Å². The molecule has 4 rings (SSSR count). The molecule has 35 heavy (non-hydrogen) atoms. The lowest BCUT2D eigenvalue weighted by atomic mass is 10.1. The number of ketones is 1. The van der Waals surface area contributed by atoms with Gasteiger partial charge in [0.15, 0.2) is 5.78 Å². The van der Waals surface area contributed by atoms with Crippen LogP contribution in [0.1, 0.15) is 33.7 Å². The number of nitrogens with zero attached hydrogens (tertiary/aromatic N) is 3. The van der Waals surface area contributed by atoms with E-state index in [0.29, 0.717) is 34.2 Å². The first-order valence-corrected chi connectivity index (χ1v) is 11.5. The molecule has 0 spiro atoms. The zero-order chi connectivity index (χ0) is 24.9. The number of nitrogens with one attached hydrogen (secondary N) is 1. The highest BCUT2D eigenvalue weighted by atomic mass is 35.5. The number of anilines is 2. The molecular weight excluding hydrogens is 489 g/mol. The molecule has 0 bridgehead atoms. The number of rotatable bonds is 8. The van der Waals surface area contributed by atoms with Crippen LogP contribution in [0.15, 0.2) is 66.7 Å². The smallest absolute Gasteiger partial charge is 0.258 e. The van der Waals surface area contributed by atoms with Gasteiger partial charge < -0.3 is 16.2 Å². The second-order valence-corrected chi connectivity index (χ2v) is 8.44. The zero-order valence-electron chi connectivity index (χ0n) is 18.4. The minimum atomic E-state index is -0.525. The molecule has 0 radical (unpaired) electrons. The number of aliphatic hydroxyl groups is 1. The number of para-hydroxylation sites is 1. The van der Waals surface area contributed by atoms with Gasteiger partial charge in [0.05, 0.1) is 27.0 Å². The molecule has 4 aromatic rings. The number of amides is 1. The molecule has 4 N–H and O–H groups in total. The fourth-order valence-corrected chi connectivity index (χ4v) is 4.01. The predicted octanol–water partition coefficient (Wildman–Crippen LogP) is 5.03. The summed E-state index contributed by atoms with van der Waals surface area (Å²) in [6.45, 7) is -0.103. The molecule has 0 aliphatic heterocycles. The van der Waals surface area contributed by atoms with Crippen molar-refractivity contribution in [3.05, 3.63) is 88.0 Å². The average Bonchev–Trinajstić information content (AvgIpc) is 3.27. The third kappa shape index (κ3) is 5.51. The fourth-order valence-electron chi connectivity index (χ4n) is 3.44. The van der Waals surface area contributed by atoms with E-state index in [1.807, 2.05) is 18.2 Å². The fraction of sp³-hybridized carbons (Fsp3) is 0.120. The number of nitrogens with two attached hydrogens (primary N) is 1. The van der Waals surface area contributed by atoms with Crippen LogP contribution in [0.2, 0.25) is 10.0 Å². The Balaban J connectivity index is 1.71. The lowest BCUT2D eigenvalue weighted by Gasteiger charge is -2.12. The number of Topliss-reactive ketones (excluding diaryl/α,β-unsaturated/α-hetero) is 1. The van der Waals surface area contributed by atoms with Gasteiger partial charge in [-0.2, -0.15) is 5.10 Å². The maximum atomic E-state index is 13.3. The zero-order valence-corrected chi connectivity index (χ0v) is 19.9. The summed E-state index contributed by atoms with van der Waals surface area (Å²) in [6, 6.07) is 18.7. The van der Waals surface area contributed by atoms with Gasteiger partial charge in [0.1, 0.15) is 17.3 Å². The van der Waals surface area contributed by atoms with E-state index in [0.717, 1.165) is 0 Å². The average molecular weight is 510 g/mol. The van der Waals surface area contributed by atoms with Gasteiger partial charge in [-0.15, -0.1) is 0 Å². The van der Waals surface area contributed by atoms with E-state index in [-0.39, 0.29) is 40.9 Å². The largest absolute Gasteiger partial charge is 0.396 e. The topological polar surface area (TPSA) is 123 Å². The molecule has 0 fully saturated rings. The van der Waals surface area contributed by atoms with Crippen LogP contribution in [0, 0.1) is 0 Å². The first kappa shape index (κ1) is 24.4. The molecule has 0 atom stereocenters. The van der Waals surface area contributed by atoms with E-state index in [2.05, 4.69) is 15.4 Å². The van der Waals surface area contributed by atoms with Crippen molar-refractivity contribution < 1.29 is 14.7 Å². The molecule has 178 valence electrons. The van der Waals surface area contributed by atoms with Gasteiger partial charge in [-0.25, -0.2) is 9.67 Å². The van der Waals surface area contributed by atoms with E-state index >= 15 is 0 Å². The van der Waals surface area contributed by atoms with Crippen LogP contribution in [0.5, 0.6) is 0 Å². The number of carbonyl (C=O) groups is 2. The molecule has 1 amide bonds. The number of carbonyl (C=O) groups excluding carboxylic acids is 2. The Morgan fingerprint density at radius 1 is 1.00 bits per heavy atom. The van der Waals surface area contributed by atoms with Crippen molar-refractivity contribution in [3.63, 3.8) is 0 Å². The SMILES string of the molecule is Nc1cccc(-c2cc(C(=O)Nc3cc(C(=O)CCCO)nn3-c3ccccc3)c(Cl)cc2Cl)n1. The van der Waals surface area contributed by atoms with Crippen molar-refractivity contribution in [3.8, 4) is 16.9 Å². The van der Waals surface area contributed by atoms with Crippen LogP contribution in [0.3, 0.4) is 0 Å². The van der Waals surface area contributed by atoms with Gasteiger partial charge in [-0.05, 0) is 42.8 Å². The quantitative estimate of drug-likeness (QED) is 0.286. The normalized spacial score (nSPS) is 10.8. The van der Waals surface area contributed by atoms with Crippen LogP contribution in [-0.4, -0.2) is 38.2 Å². The summed E-state index contributed by atoms with van der Waals surface area (Å²) in [6.07, 6.45) is 0.454. The van der Waals surface area contributed by atoms with Crippen LogP contribution < -0.4 is 11.1 Å². The number of pyridine rings is 1. The van der Waals surface area contributed by atoms with E-state index in [9.17, 15) is 9.59 Å². The summed E-state index contributed by atoms with van der Waals surface area (Å²) < 4.78 is 1.47. The maximum Gasteiger partial charge on any atom is 0.258 e. The first-order chi connectivity index (χ1) is 16.9. The number of aromatic nitrogens is 3. The molecule has 0 saturated carbocycles. The van der Waals surface area contributed by atoms with Crippen molar-refractivity contribution in [1.82, 2.24) is 14.8 Å². The van der Waals surface area contributed by atoms with E-state index in [1.165, 1.54) is 22.9 Å². The molecule has 0 aliphatic carbocycles. The molecule has 2 heterocycles. The Hall–Kier alpha value is -3.72. The summed E-state index contributed by atoms with van der Waals surface area (Å²) in [5.74, 6) is -0.181. The highest BCUT2D eigenvalue weighted by Gasteiger charge is 2.20. The van der Waals surface area contributed by atoms with E-state index < -0.39 is 5.91 Å². The summed E-state index contributed by atoms with van der Waals surface area (Å²) in [5, 5.41) is 16.7. The second-order valence-electron chi connectivity index (χ2n) is 7.63. The molecule has 2 aromatic carbocycles. The highest BCUT2D eigenvalue weighted by Crippen LogP contribution is 2.33. The van der Waals surface area contributed by atoms with Crippen LogP contribution >= 0.6 is 23.2 Å².